The van der Waals surface area contributed by atoms with E-state index in [1.807, 2.05) is 31.2 Å². The van der Waals surface area contributed by atoms with Crippen LogP contribution in [-0.2, 0) is 4.79 Å². The summed E-state index contributed by atoms with van der Waals surface area (Å²) in [6, 6.07) is 12.8. The molecule has 5 heteroatoms. The molecule has 2 rings (SSSR count). The highest BCUT2D eigenvalue weighted by atomic mass is 79.9. The summed E-state index contributed by atoms with van der Waals surface area (Å²) in [5.74, 6) is 0.326. The summed E-state index contributed by atoms with van der Waals surface area (Å²) in [6.07, 6.45) is 0. The van der Waals surface area contributed by atoms with E-state index in [9.17, 15) is 4.79 Å². The Morgan fingerprint density at radius 1 is 1.25 bits per heavy atom. The van der Waals surface area contributed by atoms with Crippen molar-refractivity contribution in [1.29, 1.82) is 0 Å². The number of halogens is 1. The topological polar surface area (TPSA) is 64.3 Å². The van der Waals surface area contributed by atoms with Gasteiger partial charge in [0.2, 0.25) is 0 Å². The molecular weight excluding hydrogens is 320 g/mol. The molecule has 0 saturated carbocycles. The zero-order valence-corrected chi connectivity index (χ0v) is 12.6. The molecule has 1 amide bonds. The second-order valence-electron chi connectivity index (χ2n) is 4.36. The number of ether oxygens (including phenoxy) is 1. The van der Waals surface area contributed by atoms with Gasteiger partial charge in [0.1, 0.15) is 5.75 Å². The normalized spacial score (nSPS) is 10.1. The van der Waals surface area contributed by atoms with E-state index < -0.39 is 0 Å². The van der Waals surface area contributed by atoms with Crippen molar-refractivity contribution in [3.8, 4) is 5.75 Å². The SMILES string of the molecule is Cc1ccc(NC(=O)COc2cccc(N)c2Br)cc1. The fourth-order valence-electron chi connectivity index (χ4n) is 1.62. The highest BCUT2D eigenvalue weighted by Gasteiger charge is 2.07. The number of rotatable bonds is 4. The van der Waals surface area contributed by atoms with E-state index in [0.29, 0.717) is 15.9 Å². The maximum Gasteiger partial charge on any atom is 0.262 e. The van der Waals surface area contributed by atoms with Gasteiger partial charge < -0.3 is 15.8 Å². The van der Waals surface area contributed by atoms with Crippen LogP contribution in [0.3, 0.4) is 0 Å². The molecule has 0 saturated heterocycles. The highest BCUT2D eigenvalue weighted by Crippen LogP contribution is 2.30. The number of nitrogens with two attached hydrogens (primary N) is 1. The molecule has 2 aromatic carbocycles. The Hall–Kier alpha value is -2.01. The number of nitrogen functional groups attached to an aromatic ring is 1. The smallest absolute Gasteiger partial charge is 0.262 e. The number of amides is 1. The molecule has 4 nitrogen and oxygen atoms in total. The maximum atomic E-state index is 11.8. The van der Waals surface area contributed by atoms with Crippen LogP contribution in [-0.4, -0.2) is 12.5 Å². The molecule has 0 unspecified atom stereocenters. The number of aryl methyl sites for hydroxylation is 1. The van der Waals surface area contributed by atoms with Crippen molar-refractivity contribution < 1.29 is 9.53 Å². The Morgan fingerprint density at radius 3 is 2.65 bits per heavy atom. The maximum absolute atomic E-state index is 11.8. The van der Waals surface area contributed by atoms with Crippen molar-refractivity contribution in [2.75, 3.05) is 17.7 Å². The molecule has 0 heterocycles. The van der Waals surface area contributed by atoms with Gasteiger partial charge in [0.05, 0.1) is 4.47 Å². The van der Waals surface area contributed by atoms with Gasteiger partial charge in [-0.1, -0.05) is 23.8 Å². The van der Waals surface area contributed by atoms with Crippen LogP contribution >= 0.6 is 15.9 Å². The fourth-order valence-corrected chi connectivity index (χ4v) is 2.00. The largest absolute Gasteiger partial charge is 0.483 e. The third-order valence-electron chi connectivity index (χ3n) is 2.69. The first kappa shape index (κ1) is 14.4. The molecule has 0 aliphatic carbocycles. The molecule has 0 aliphatic rings. The van der Waals surface area contributed by atoms with E-state index in [0.717, 1.165) is 11.3 Å². The Balaban J connectivity index is 1.92. The first-order valence-corrected chi connectivity index (χ1v) is 6.89. The van der Waals surface area contributed by atoms with E-state index in [2.05, 4.69) is 21.2 Å². The molecule has 3 N–H and O–H groups in total. The van der Waals surface area contributed by atoms with Gasteiger partial charge in [0.15, 0.2) is 6.61 Å². The molecule has 0 fully saturated rings. The van der Waals surface area contributed by atoms with Gasteiger partial charge >= 0.3 is 0 Å². The molecule has 0 aliphatic heterocycles. The van der Waals surface area contributed by atoms with Gasteiger partial charge in [-0.3, -0.25) is 4.79 Å². The van der Waals surface area contributed by atoms with E-state index in [1.165, 1.54) is 0 Å². The number of hydrogen-bond donors (Lipinski definition) is 2. The summed E-state index contributed by atoms with van der Waals surface area (Å²) in [5, 5.41) is 2.76. The Labute approximate surface area is 126 Å². The molecule has 0 bridgehead atoms. The second kappa shape index (κ2) is 6.43. The standard InChI is InChI=1S/C15H15BrN2O2/c1-10-5-7-11(8-6-10)18-14(19)9-20-13-4-2-3-12(17)15(13)16/h2-8H,9,17H2,1H3,(H,18,19). The minimum absolute atomic E-state index is 0.0735. The predicted octanol–water partition coefficient (Wildman–Crippen LogP) is 3.36. The lowest BCUT2D eigenvalue weighted by molar-refractivity contribution is -0.118. The minimum atomic E-state index is -0.219. The lowest BCUT2D eigenvalue weighted by Crippen LogP contribution is -2.20. The Bertz CT molecular complexity index is 612. The van der Waals surface area contributed by atoms with Crippen molar-refractivity contribution >= 4 is 33.2 Å². The summed E-state index contributed by atoms with van der Waals surface area (Å²) in [4.78, 5) is 11.8. The van der Waals surface area contributed by atoms with E-state index >= 15 is 0 Å². The molecule has 0 atom stereocenters. The third kappa shape index (κ3) is 3.74. The Morgan fingerprint density at radius 2 is 1.95 bits per heavy atom. The molecule has 0 aromatic heterocycles. The molecule has 20 heavy (non-hydrogen) atoms. The monoisotopic (exact) mass is 334 g/mol. The summed E-state index contributed by atoms with van der Waals surface area (Å²) < 4.78 is 6.09. The van der Waals surface area contributed by atoms with Crippen molar-refractivity contribution in [2.24, 2.45) is 0 Å². The van der Waals surface area contributed by atoms with E-state index in [1.54, 1.807) is 18.2 Å². The Kier molecular flexibility index (Phi) is 4.63. The molecule has 0 radical (unpaired) electrons. The van der Waals surface area contributed by atoms with Gasteiger partial charge in [-0.25, -0.2) is 0 Å². The zero-order chi connectivity index (χ0) is 14.5. The number of carbonyl (C=O) groups is 1. The minimum Gasteiger partial charge on any atom is -0.483 e. The van der Waals surface area contributed by atoms with Crippen molar-refractivity contribution in [1.82, 2.24) is 0 Å². The average Bonchev–Trinajstić information content (AvgIpc) is 2.43. The van der Waals surface area contributed by atoms with Gasteiger partial charge in [-0.05, 0) is 47.1 Å². The number of carbonyl (C=O) groups excluding carboxylic acids is 1. The quantitative estimate of drug-likeness (QED) is 0.842. The molecule has 0 spiro atoms. The van der Waals surface area contributed by atoms with Crippen LogP contribution in [0.25, 0.3) is 0 Å². The van der Waals surface area contributed by atoms with E-state index in [-0.39, 0.29) is 12.5 Å². The summed E-state index contributed by atoms with van der Waals surface area (Å²) in [5.41, 5.74) is 8.20. The van der Waals surface area contributed by atoms with Crippen LogP contribution in [0.5, 0.6) is 5.75 Å². The lowest BCUT2D eigenvalue weighted by Gasteiger charge is -2.10. The first-order chi connectivity index (χ1) is 9.56. The van der Waals surface area contributed by atoms with Gasteiger partial charge in [-0.15, -0.1) is 0 Å². The van der Waals surface area contributed by atoms with Crippen molar-refractivity contribution in [3.63, 3.8) is 0 Å². The highest BCUT2D eigenvalue weighted by molar-refractivity contribution is 9.10. The molecule has 104 valence electrons. The van der Waals surface area contributed by atoms with Crippen LogP contribution in [0.1, 0.15) is 5.56 Å². The predicted molar refractivity (Wildman–Crippen MR) is 83.9 cm³/mol. The van der Waals surface area contributed by atoms with Gasteiger partial charge in [-0.2, -0.15) is 0 Å². The second-order valence-corrected chi connectivity index (χ2v) is 5.16. The fraction of sp³-hybridized carbons (Fsp3) is 0.133. The van der Waals surface area contributed by atoms with Crippen molar-refractivity contribution in [2.45, 2.75) is 6.92 Å². The van der Waals surface area contributed by atoms with Gasteiger partial charge in [0, 0.05) is 11.4 Å². The van der Waals surface area contributed by atoms with Crippen LogP contribution in [0.2, 0.25) is 0 Å². The van der Waals surface area contributed by atoms with Gasteiger partial charge in [0.25, 0.3) is 5.91 Å². The molecular formula is C15H15BrN2O2. The number of benzene rings is 2. The lowest BCUT2D eigenvalue weighted by atomic mass is 10.2. The van der Waals surface area contributed by atoms with Crippen LogP contribution in [0.15, 0.2) is 46.9 Å². The summed E-state index contributed by atoms with van der Waals surface area (Å²) in [6.45, 7) is 1.92. The van der Waals surface area contributed by atoms with Crippen LogP contribution in [0, 0.1) is 6.92 Å². The molecule has 2 aromatic rings. The third-order valence-corrected chi connectivity index (χ3v) is 3.54. The first-order valence-electron chi connectivity index (χ1n) is 6.09. The number of nitrogens with one attached hydrogen (secondary N) is 1. The number of anilines is 2. The van der Waals surface area contributed by atoms with Crippen LogP contribution in [0.4, 0.5) is 11.4 Å². The van der Waals surface area contributed by atoms with E-state index in [4.69, 9.17) is 10.5 Å². The summed E-state index contributed by atoms with van der Waals surface area (Å²) >= 11 is 3.32. The summed E-state index contributed by atoms with van der Waals surface area (Å²) in [7, 11) is 0. The number of hydrogen-bond acceptors (Lipinski definition) is 3. The average molecular weight is 335 g/mol. The zero-order valence-electron chi connectivity index (χ0n) is 11.0. The van der Waals surface area contributed by atoms with Crippen molar-refractivity contribution in [3.05, 3.63) is 52.5 Å². The van der Waals surface area contributed by atoms with Crippen LogP contribution < -0.4 is 15.8 Å².